The Hall–Kier alpha value is -0.870. The maximum atomic E-state index is 5.90. The Morgan fingerprint density at radius 2 is 2.21 bits per heavy atom. The molecule has 0 aromatic carbocycles. The highest BCUT2D eigenvalue weighted by atomic mass is 127. The Kier molecular flexibility index (Phi) is 11.0. The highest BCUT2D eigenvalue weighted by Crippen LogP contribution is 2.14. The van der Waals surface area contributed by atoms with Crippen molar-refractivity contribution in [1.82, 2.24) is 15.4 Å². The lowest BCUT2D eigenvalue weighted by Crippen LogP contribution is -2.47. The van der Waals surface area contributed by atoms with Crippen LogP contribution in [0.25, 0.3) is 0 Å². The molecule has 0 atom stereocenters. The van der Waals surface area contributed by atoms with E-state index in [1.807, 2.05) is 6.07 Å². The lowest BCUT2D eigenvalue weighted by Gasteiger charge is -2.34. The molecule has 2 heterocycles. The fraction of sp³-hybridized carbons (Fsp3) is 0.750. The van der Waals surface area contributed by atoms with E-state index in [2.05, 4.69) is 27.3 Å². The molecule has 0 unspecified atom stereocenters. The molecule has 2 rings (SSSR count). The van der Waals surface area contributed by atoms with Crippen LogP contribution >= 0.6 is 24.0 Å². The molecule has 24 heavy (non-hydrogen) atoms. The molecule has 0 aliphatic carbocycles. The van der Waals surface area contributed by atoms with Gasteiger partial charge in [0.2, 0.25) is 0 Å². The van der Waals surface area contributed by atoms with Gasteiger partial charge in [-0.05, 0) is 26.2 Å². The minimum absolute atomic E-state index is 0. The summed E-state index contributed by atoms with van der Waals surface area (Å²) in [7, 11) is 1.72. The molecule has 1 N–H and O–H groups in total. The minimum Gasteiger partial charge on any atom is -0.385 e. The van der Waals surface area contributed by atoms with Gasteiger partial charge in [-0.2, -0.15) is 0 Å². The second kappa shape index (κ2) is 12.5. The first-order chi connectivity index (χ1) is 11.3. The van der Waals surface area contributed by atoms with E-state index in [4.69, 9.17) is 14.0 Å². The first-order valence-electron chi connectivity index (χ1n) is 8.36. The number of nitrogens with one attached hydrogen (secondary N) is 1. The van der Waals surface area contributed by atoms with Crippen LogP contribution in [0.3, 0.4) is 0 Å². The molecular formula is C16H29IN4O3. The van der Waals surface area contributed by atoms with Gasteiger partial charge in [-0.15, -0.1) is 24.0 Å². The van der Waals surface area contributed by atoms with E-state index in [1.165, 1.54) is 0 Å². The van der Waals surface area contributed by atoms with Gasteiger partial charge < -0.3 is 24.2 Å². The fourth-order valence-corrected chi connectivity index (χ4v) is 2.59. The average Bonchev–Trinajstić information content (AvgIpc) is 3.10. The summed E-state index contributed by atoms with van der Waals surface area (Å²) in [6, 6.07) is 1.84. The van der Waals surface area contributed by atoms with Gasteiger partial charge in [0.25, 0.3) is 0 Å². The molecule has 0 saturated carbocycles. The van der Waals surface area contributed by atoms with Crippen molar-refractivity contribution < 1.29 is 14.0 Å². The van der Waals surface area contributed by atoms with Gasteiger partial charge in [-0.1, -0.05) is 5.16 Å². The summed E-state index contributed by atoms with van der Waals surface area (Å²) in [5.74, 6) is 0.938. The third kappa shape index (κ3) is 7.35. The van der Waals surface area contributed by atoms with E-state index in [0.717, 1.165) is 63.8 Å². The van der Waals surface area contributed by atoms with Crippen molar-refractivity contribution in [3.63, 3.8) is 0 Å². The predicted octanol–water partition coefficient (Wildman–Crippen LogP) is 2.28. The Morgan fingerprint density at radius 1 is 1.42 bits per heavy atom. The first kappa shape index (κ1) is 21.2. The van der Waals surface area contributed by atoms with Crippen LogP contribution in [0.1, 0.15) is 31.9 Å². The van der Waals surface area contributed by atoms with E-state index in [1.54, 1.807) is 13.4 Å². The fourth-order valence-electron chi connectivity index (χ4n) is 2.59. The maximum Gasteiger partial charge on any atom is 0.194 e. The summed E-state index contributed by atoms with van der Waals surface area (Å²) in [5, 5.41) is 7.25. The van der Waals surface area contributed by atoms with Crippen molar-refractivity contribution in [1.29, 1.82) is 0 Å². The van der Waals surface area contributed by atoms with Crippen LogP contribution in [0.2, 0.25) is 0 Å². The molecule has 1 aromatic heterocycles. The quantitative estimate of drug-likeness (QED) is 0.283. The minimum atomic E-state index is 0. The number of hydrogen-bond acceptors (Lipinski definition) is 5. The standard InChI is InChI=1S/C16H28N4O3.HI/c1-3-17-16(18-13-14-7-12-23-19-14)20-8-5-15(6-9-20)22-11-4-10-21-2;/h7,12,15H,3-6,8-11,13H2,1-2H3,(H,17,18);1H. The Labute approximate surface area is 161 Å². The summed E-state index contributed by atoms with van der Waals surface area (Å²) in [6.45, 7) is 6.92. The van der Waals surface area contributed by atoms with Gasteiger partial charge in [0.05, 0.1) is 12.6 Å². The molecule has 1 aromatic rings. The van der Waals surface area contributed by atoms with Crippen molar-refractivity contribution in [2.24, 2.45) is 4.99 Å². The van der Waals surface area contributed by atoms with Crippen LogP contribution in [-0.2, 0) is 16.0 Å². The second-order valence-electron chi connectivity index (χ2n) is 5.56. The number of halogens is 1. The lowest BCUT2D eigenvalue weighted by molar-refractivity contribution is 0.00990. The molecular weight excluding hydrogens is 423 g/mol. The Bertz CT molecular complexity index is 448. The summed E-state index contributed by atoms with van der Waals surface area (Å²) in [5.41, 5.74) is 0.844. The highest BCUT2D eigenvalue weighted by Gasteiger charge is 2.21. The van der Waals surface area contributed by atoms with Crippen molar-refractivity contribution in [2.45, 2.75) is 38.8 Å². The average molecular weight is 452 g/mol. The van der Waals surface area contributed by atoms with E-state index in [-0.39, 0.29) is 24.0 Å². The number of ether oxygens (including phenoxy) is 2. The monoisotopic (exact) mass is 452 g/mol. The van der Waals surface area contributed by atoms with Crippen LogP contribution in [0.15, 0.2) is 21.8 Å². The second-order valence-corrected chi connectivity index (χ2v) is 5.56. The first-order valence-corrected chi connectivity index (χ1v) is 8.36. The molecule has 8 heteroatoms. The summed E-state index contributed by atoms with van der Waals surface area (Å²) >= 11 is 0. The highest BCUT2D eigenvalue weighted by molar-refractivity contribution is 14.0. The van der Waals surface area contributed by atoms with Gasteiger partial charge in [0.15, 0.2) is 5.96 Å². The molecule has 138 valence electrons. The molecule has 0 radical (unpaired) electrons. The number of aromatic nitrogens is 1. The van der Waals surface area contributed by atoms with Gasteiger partial charge in [-0.25, -0.2) is 4.99 Å². The van der Waals surface area contributed by atoms with Crippen molar-refractivity contribution >= 4 is 29.9 Å². The molecule has 0 amide bonds. The van der Waals surface area contributed by atoms with E-state index < -0.39 is 0 Å². The van der Waals surface area contributed by atoms with E-state index in [9.17, 15) is 0 Å². The van der Waals surface area contributed by atoms with E-state index >= 15 is 0 Å². The molecule has 1 fully saturated rings. The van der Waals surface area contributed by atoms with Crippen LogP contribution in [0.4, 0.5) is 0 Å². The largest absolute Gasteiger partial charge is 0.385 e. The summed E-state index contributed by atoms with van der Waals surface area (Å²) in [4.78, 5) is 6.93. The summed E-state index contributed by atoms with van der Waals surface area (Å²) < 4.78 is 15.8. The number of guanidine groups is 1. The van der Waals surface area contributed by atoms with Crippen molar-refractivity contribution in [2.75, 3.05) is 40.0 Å². The summed E-state index contributed by atoms with van der Waals surface area (Å²) in [6.07, 6.45) is 4.94. The molecule has 0 spiro atoms. The number of piperidine rings is 1. The molecule has 0 bridgehead atoms. The molecule has 7 nitrogen and oxygen atoms in total. The van der Waals surface area contributed by atoms with E-state index in [0.29, 0.717) is 12.6 Å². The zero-order valence-electron chi connectivity index (χ0n) is 14.6. The number of hydrogen-bond donors (Lipinski definition) is 1. The lowest BCUT2D eigenvalue weighted by atomic mass is 10.1. The molecule has 1 aliphatic heterocycles. The van der Waals surface area contributed by atoms with Gasteiger partial charge >= 0.3 is 0 Å². The number of methoxy groups -OCH3 is 1. The topological polar surface area (TPSA) is 72.1 Å². The van der Waals surface area contributed by atoms with Crippen molar-refractivity contribution in [3.05, 3.63) is 18.0 Å². The third-order valence-electron chi connectivity index (χ3n) is 3.80. The Balaban J connectivity index is 0.00000288. The molecule has 1 aliphatic rings. The zero-order valence-corrected chi connectivity index (χ0v) is 16.9. The number of likely N-dealkylation sites (tertiary alicyclic amines) is 1. The van der Waals surface area contributed by atoms with Gasteiger partial charge in [0.1, 0.15) is 12.0 Å². The SMILES string of the molecule is CCNC(=NCc1ccon1)N1CCC(OCCCOC)CC1.I. The zero-order chi connectivity index (χ0) is 16.3. The third-order valence-corrected chi connectivity index (χ3v) is 3.80. The van der Waals surface area contributed by atoms with Crippen LogP contribution in [0, 0.1) is 0 Å². The van der Waals surface area contributed by atoms with Gasteiger partial charge in [-0.3, -0.25) is 0 Å². The predicted molar refractivity (Wildman–Crippen MR) is 104 cm³/mol. The van der Waals surface area contributed by atoms with Gasteiger partial charge in [0, 0.05) is 46.0 Å². The van der Waals surface area contributed by atoms with Crippen LogP contribution in [0.5, 0.6) is 0 Å². The Morgan fingerprint density at radius 3 is 2.83 bits per heavy atom. The maximum absolute atomic E-state index is 5.90. The number of rotatable bonds is 8. The van der Waals surface area contributed by atoms with Crippen molar-refractivity contribution in [3.8, 4) is 0 Å². The number of nitrogens with zero attached hydrogens (tertiary/aromatic N) is 3. The van der Waals surface area contributed by atoms with Crippen LogP contribution in [-0.4, -0.2) is 62.1 Å². The van der Waals surface area contributed by atoms with Crippen LogP contribution < -0.4 is 5.32 Å². The number of aliphatic imine (C=N–C) groups is 1. The molecule has 1 saturated heterocycles. The smallest absolute Gasteiger partial charge is 0.194 e. The normalized spacial score (nSPS) is 16.1.